The summed E-state index contributed by atoms with van der Waals surface area (Å²) in [5.41, 5.74) is 1.03. The van der Waals surface area contributed by atoms with Gasteiger partial charge in [-0.15, -0.1) is 0 Å². The Bertz CT molecular complexity index is 1120. The lowest BCUT2D eigenvalue weighted by Crippen LogP contribution is -2.31. The molecule has 2 fully saturated rings. The smallest absolute Gasteiger partial charge is 0.258 e. The summed E-state index contributed by atoms with van der Waals surface area (Å²) in [4.78, 5) is 24.0. The molecule has 1 aliphatic carbocycles. The fourth-order valence-corrected chi connectivity index (χ4v) is 4.41. The number of rotatable bonds is 5. The topological polar surface area (TPSA) is 80.5 Å². The molecule has 1 saturated heterocycles. The van der Waals surface area contributed by atoms with Crippen molar-refractivity contribution in [3.63, 3.8) is 0 Å². The highest BCUT2D eigenvalue weighted by Gasteiger charge is 2.39. The highest BCUT2D eigenvalue weighted by molar-refractivity contribution is 14.1. The molecule has 1 aromatic carbocycles. The number of hydrogen-bond donors (Lipinski definition) is 1. The molecule has 3 heterocycles. The molecule has 5 rings (SSSR count). The summed E-state index contributed by atoms with van der Waals surface area (Å²) in [5, 5.41) is 4.15. The number of anilines is 1. The SMILES string of the molecule is Cc1oc2ncnc(NC3(C)CC3)c2c1C(=O)N1CCC(Oc2cccc(I)c2)C1. The average molecular weight is 518 g/mol. The number of carbonyl (C=O) groups is 1. The van der Waals surface area contributed by atoms with Gasteiger partial charge in [0.1, 0.15) is 29.8 Å². The van der Waals surface area contributed by atoms with E-state index in [0.717, 1.165) is 28.6 Å². The average Bonchev–Trinajstić information content (AvgIpc) is 3.11. The molecule has 8 heteroatoms. The van der Waals surface area contributed by atoms with Gasteiger partial charge >= 0.3 is 0 Å². The number of hydrogen-bond acceptors (Lipinski definition) is 6. The summed E-state index contributed by atoms with van der Waals surface area (Å²) in [7, 11) is 0. The van der Waals surface area contributed by atoms with Crippen LogP contribution in [0, 0.1) is 10.5 Å². The normalized spacial score (nSPS) is 19.8. The molecule has 1 saturated carbocycles. The molecule has 0 spiro atoms. The summed E-state index contributed by atoms with van der Waals surface area (Å²) in [5.74, 6) is 2.02. The standard InChI is InChI=1S/C22H23IN4O3/c1-13-17(18-19(26-22(2)7-8-22)24-12-25-20(18)29-13)21(28)27-9-6-16(11-27)30-15-5-3-4-14(23)10-15/h3-5,10,12,16H,6-9,11H2,1-2H3,(H,24,25,26). The zero-order chi connectivity index (χ0) is 20.9. The van der Waals surface area contributed by atoms with Crippen molar-refractivity contribution in [3.8, 4) is 5.75 Å². The van der Waals surface area contributed by atoms with Gasteiger partial charge in [0.25, 0.3) is 5.91 Å². The van der Waals surface area contributed by atoms with Crippen molar-refractivity contribution in [3.05, 3.63) is 45.5 Å². The third-order valence-corrected chi connectivity index (χ3v) is 6.50. The maximum Gasteiger partial charge on any atom is 0.258 e. The molecule has 156 valence electrons. The third-order valence-electron chi connectivity index (χ3n) is 5.83. The fourth-order valence-electron chi connectivity index (χ4n) is 3.89. The Labute approximate surface area is 188 Å². The maximum atomic E-state index is 13.5. The number of aromatic nitrogens is 2. The second-order valence-electron chi connectivity index (χ2n) is 8.36. The molecule has 3 aromatic rings. The van der Waals surface area contributed by atoms with Gasteiger partial charge in [-0.3, -0.25) is 4.79 Å². The lowest BCUT2D eigenvalue weighted by atomic mass is 10.1. The monoisotopic (exact) mass is 518 g/mol. The summed E-state index contributed by atoms with van der Waals surface area (Å²) in [6.07, 6.45) is 4.43. The lowest BCUT2D eigenvalue weighted by molar-refractivity contribution is 0.0772. The summed E-state index contributed by atoms with van der Waals surface area (Å²) in [6.45, 7) is 5.16. The number of amides is 1. The van der Waals surface area contributed by atoms with Crippen LogP contribution in [0.2, 0.25) is 0 Å². The van der Waals surface area contributed by atoms with Gasteiger partial charge in [-0.05, 0) is 67.5 Å². The lowest BCUT2D eigenvalue weighted by Gasteiger charge is -2.18. The first-order chi connectivity index (χ1) is 14.4. The molecule has 0 radical (unpaired) electrons. The Morgan fingerprint density at radius 3 is 2.97 bits per heavy atom. The van der Waals surface area contributed by atoms with Gasteiger partial charge in [-0.1, -0.05) is 6.07 Å². The minimum atomic E-state index is -0.0567. The number of likely N-dealkylation sites (tertiary alicyclic amines) is 1. The first-order valence-electron chi connectivity index (χ1n) is 10.2. The summed E-state index contributed by atoms with van der Waals surface area (Å²) < 4.78 is 13.1. The van der Waals surface area contributed by atoms with E-state index in [1.165, 1.54) is 6.33 Å². The summed E-state index contributed by atoms with van der Waals surface area (Å²) in [6, 6.07) is 7.96. The Kier molecular flexibility index (Phi) is 4.83. The number of fused-ring (bicyclic) bond motifs is 1. The van der Waals surface area contributed by atoms with Crippen LogP contribution in [0.25, 0.3) is 11.1 Å². The van der Waals surface area contributed by atoms with Gasteiger partial charge in [0.15, 0.2) is 0 Å². The minimum Gasteiger partial charge on any atom is -0.488 e. The van der Waals surface area contributed by atoms with E-state index in [-0.39, 0.29) is 17.6 Å². The Morgan fingerprint density at radius 2 is 2.20 bits per heavy atom. The van der Waals surface area contributed by atoms with Crippen LogP contribution in [0.3, 0.4) is 0 Å². The van der Waals surface area contributed by atoms with Crippen molar-refractivity contribution in [2.24, 2.45) is 0 Å². The molecule has 1 atom stereocenters. The predicted molar refractivity (Wildman–Crippen MR) is 122 cm³/mol. The van der Waals surface area contributed by atoms with Gasteiger partial charge in [-0.25, -0.2) is 9.97 Å². The first kappa shape index (κ1) is 19.6. The van der Waals surface area contributed by atoms with Crippen LogP contribution >= 0.6 is 22.6 Å². The number of benzene rings is 1. The van der Waals surface area contributed by atoms with Crippen LogP contribution in [0.15, 0.2) is 35.0 Å². The molecule has 1 unspecified atom stereocenters. The van der Waals surface area contributed by atoms with E-state index in [0.29, 0.717) is 41.3 Å². The highest BCUT2D eigenvalue weighted by atomic mass is 127. The number of ether oxygens (including phenoxy) is 1. The molecule has 1 N–H and O–H groups in total. The van der Waals surface area contributed by atoms with Crippen molar-refractivity contribution in [2.45, 2.75) is 44.8 Å². The molecule has 7 nitrogen and oxygen atoms in total. The molecular formula is C22H23IN4O3. The van der Waals surface area contributed by atoms with Crippen molar-refractivity contribution in [2.75, 3.05) is 18.4 Å². The fraction of sp³-hybridized carbons (Fsp3) is 0.409. The highest BCUT2D eigenvalue weighted by Crippen LogP contribution is 2.40. The van der Waals surface area contributed by atoms with E-state index >= 15 is 0 Å². The third kappa shape index (κ3) is 3.73. The van der Waals surface area contributed by atoms with Crippen LogP contribution in [0.4, 0.5) is 5.82 Å². The first-order valence-corrected chi connectivity index (χ1v) is 11.2. The van der Waals surface area contributed by atoms with Crippen LogP contribution in [-0.2, 0) is 0 Å². The van der Waals surface area contributed by atoms with E-state index in [2.05, 4.69) is 44.8 Å². The van der Waals surface area contributed by atoms with E-state index in [4.69, 9.17) is 9.15 Å². The number of nitrogens with zero attached hydrogens (tertiary/aromatic N) is 3. The summed E-state index contributed by atoms with van der Waals surface area (Å²) >= 11 is 2.27. The van der Waals surface area contributed by atoms with Crippen molar-refractivity contribution in [1.29, 1.82) is 0 Å². The largest absolute Gasteiger partial charge is 0.488 e. The van der Waals surface area contributed by atoms with Crippen LogP contribution in [-0.4, -0.2) is 45.5 Å². The van der Waals surface area contributed by atoms with E-state index in [1.54, 1.807) is 0 Å². The second-order valence-corrected chi connectivity index (χ2v) is 9.60. The quantitative estimate of drug-likeness (QED) is 0.505. The zero-order valence-electron chi connectivity index (χ0n) is 16.9. The minimum absolute atomic E-state index is 0.0233. The van der Waals surface area contributed by atoms with Gasteiger partial charge < -0.3 is 19.4 Å². The molecule has 1 amide bonds. The van der Waals surface area contributed by atoms with Crippen LogP contribution in [0.5, 0.6) is 5.75 Å². The number of nitrogens with one attached hydrogen (secondary N) is 1. The van der Waals surface area contributed by atoms with Crippen LogP contribution in [0.1, 0.15) is 42.3 Å². The van der Waals surface area contributed by atoms with Gasteiger partial charge in [0.2, 0.25) is 5.71 Å². The van der Waals surface area contributed by atoms with Crippen molar-refractivity contribution in [1.82, 2.24) is 14.9 Å². The molecule has 1 aliphatic heterocycles. The molecule has 2 aliphatic rings. The van der Waals surface area contributed by atoms with E-state index in [1.807, 2.05) is 36.1 Å². The molecule has 2 aromatic heterocycles. The van der Waals surface area contributed by atoms with Crippen LogP contribution < -0.4 is 10.1 Å². The van der Waals surface area contributed by atoms with Gasteiger partial charge in [0.05, 0.1) is 17.5 Å². The molecule has 30 heavy (non-hydrogen) atoms. The predicted octanol–water partition coefficient (Wildman–Crippen LogP) is 4.39. The molecular weight excluding hydrogens is 495 g/mol. The number of aryl methyl sites for hydroxylation is 1. The van der Waals surface area contributed by atoms with Crippen molar-refractivity contribution >= 4 is 45.4 Å². The number of carbonyl (C=O) groups excluding carboxylic acids is 1. The molecule has 0 bridgehead atoms. The van der Waals surface area contributed by atoms with Gasteiger partial charge in [-0.2, -0.15) is 0 Å². The maximum absolute atomic E-state index is 13.5. The van der Waals surface area contributed by atoms with E-state index in [9.17, 15) is 4.79 Å². The Morgan fingerprint density at radius 1 is 1.37 bits per heavy atom. The Balaban J connectivity index is 1.39. The van der Waals surface area contributed by atoms with E-state index < -0.39 is 0 Å². The number of furan rings is 1. The van der Waals surface area contributed by atoms with Gasteiger partial charge in [0, 0.05) is 22.1 Å². The second kappa shape index (κ2) is 7.40. The number of halogens is 1. The van der Waals surface area contributed by atoms with Crippen molar-refractivity contribution < 1.29 is 13.9 Å². The Hall–Kier alpha value is -2.36. The zero-order valence-corrected chi connectivity index (χ0v) is 19.1.